The average molecular weight is 375 g/mol. The summed E-state index contributed by atoms with van der Waals surface area (Å²) in [6, 6.07) is 17.1. The number of para-hydroxylation sites is 1. The molecule has 0 spiro atoms. The summed E-state index contributed by atoms with van der Waals surface area (Å²) < 4.78 is 3.38. The van der Waals surface area contributed by atoms with E-state index in [-0.39, 0.29) is 6.04 Å². The van der Waals surface area contributed by atoms with Crippen LogP contribution in [0.2, 0.25) is 0 Å². The lowest BCUT2D eigenvalue weighted by Gasteiger charge is -2.10. The molecular formula is C18H19BrN2S. The van der Waals surface area contributed by atoms with E-state index in [4.69, 9.17) is 5.73 Å². The molecule has 0 saturated carbocycles. The van der Waals surface area contributed by atoms with Crippen molar-refractivity contribution in [2.75, 3.05) is 0 Å². The maximum atomic E-state index is 6.08. The number of hydrogen-bond donors (Lipinski definition) is 1. The molecule has 0 bridgehead atoms. The molecule has 3 rings (SSSR count). The highest BCUT2D eigenvalue weighted by molar-refractivity contribution is 9.10. The van der Waals surface area contributed by atoms with Crippen LogP contribution < -0.4 is 5.73 Å². The predicted octanol–water partition coefficient (Wildman–Crippen LogP) is 4.98. The van der Waals surface area contributed by atoms with Gasteiger partial charge >= 0.3 is 0 Å². The summed E-state index contributed by atoms with van der Waals surface area (Å²) in [6.45, 7) is 2.07. The van der Waals surface area contributed by atoms with Gasteiger partial charge in [0, 0.05) is 33.4 Å². The molecule has 1 aromatic heterocycles. The SMILES string of the molecule is CC(N)Cc1c(Sc2ccc(Br)cc2)n(C)c2ccccc12. The maximum Gasteiger partial charge on any atom is 0.0838 e. The lowest BCUT2D eigenvalue weighted by molar-refractivity contribution is 0.718. The molecule has 0 aliphatic heterocycles. The number of rotatable bonds is 4. The fourth-order valence-electron chi connectivity index (χ4n) is 2.71. The van der Waals surface area contributed by atoms with Gasteiger partial charge in [-0.15, -0.1) is 0 Å². The molecule has 1 heterocycles. The van der Waals surface area contributed by atoms with Gasteiger partial charge in [-0.05, 0) is 49.2 Å². The van der Waals surface area contributed by atoms with Gasteiger partial charge in [-0.2, -0.15) is 0 Å². The Bertz CT molecular complexity index is 791. The minimum absolute atomic E-state index is 0.148. The number of hydrogen-bond acceptors (Lipinski definition) is 2. The number of benzene rings is 2. The van der Waals surface area contributed by atoms with Crippen molar-refractivity contribution in [2.24, 2.45) is 12.8 Å². The van der Waals surface area contributed by atoms with Crippen LogP contribution in [-0.2, 0) is 13.5 Å². The van der Waals surface area contributed by atoms with Gasteiger partial charge < -0.3 is 10.3 Å². The van der Waals surface area contributed by atoms with E-state index < -0.39 is 0 Å². The number of aromatic nitrogens is 1. The molecule has 1 unspecified atom stereocenters. The highest BCUT2D eigenvalue weighted by Gasteiger charge is 2.16. The fraction of sp³-hybridized carbons (Fsp3) is 0.222. The first-order valence-corrected chi connectivity index (χ1v) is 8.92. The zero-order valence-electron chi connectivity index (χ0n) is 12.7. The molecule has 22 heavy (non-hydrogen) atoms. The number of halogens is 1. The van der Waals surface area contributed by atoms with Crippen molar-refractivity contribution in [1.82, 2.24) is 4.57 Å². The van der Waals surface area contributed by atoms with Gasteiger partial charge in [0.25, 0.3) is 0 Å². The van der Waals surface area contributed by atoms with Gasteiger partial charge in [0.1, 0.15) is 0 Å². The maximum absolute atomic E-state index is 6.08. The summed E-state index contributed by atoms with van der Waals surface area (Å²) in [4.78, 5) is 1.24. The average Bonchev–Trinajstić information content (AvgIpc) is 2.75. The van der Waals surface area contributed by atoms with E-state index in [0.29, 0.717) is 0 Å². The lowest BCUT2D eigenvalue weighted by atomic mass is 10.1. The summed E-state index contributed by atoms with van der Waals surface area (Å²) in [5.74, 6) is 0. The van der Waals surface area contributed by atoms with Crippen LogP contribution in [0.15, 0.2) is 62.9 Å². The first kappa shape index (κ1) is 15.7. The van der Waals surface area contributed by atoms with Crippen molar-refractivity contribution in [3.8, 4) is 0 Å². The van der Waals surface area contributed by atoms with Crippen LogP contribution in [0.5, 0.6) is 0 Å². The number of fused-ring (bicyclic) bond motifs is 1. The summed E-state index contributed by atoms with van der Waals surface area (Å²) in [7, 11) is 2.13. The molecule has 0 amide bonds. The zero-order valence-corrected chi connectivity index (χ0v) is 15.1. The monoisotopic (exact) mass is 374 g/mol. The minimum Gasteiger partial charge on any atom is -0.338 e. The van der Waals surface area contributed by atoms with Crippen LogP contribution in [0.4, 0.5) is 0 Å². The molecular weight excluding hydrogens is 356 g/mol. The van der Waals surface area contributed by atoms with Crippen LogP contribution in [-0.4, -0.2) is 10.6 Å². The van der Waals surface area contributed by atoms with Crippen molar-refractivity contribution < 1.29 is 0 Å². The van der Waals surface area contributed by atoms with E-state index >= 15 is 0 Å². The van der Waals surface area contributed by atoms with E-state index in [1.165, 1.54) is 26.4 Å². The predicted molar refractivity (Wildman–Crippen MR) is 98.5 cm³/mol. The molecule has 0 aliphatic carbocycles. The van der Waals surface area contributed by atoms with E-state index in [1.54, 1.807) is 11.8 Å². The summed E-state index contributed by atoms with van der Waals surface area (Å²) in [5.41, 5.74) is 8.69. The summed E-state index contributed by atoms with van der Waals surface area (Å²) in [6.07, 6.45) is 0.889. The van der Waals surface area contributed by atoms with Crippen molar-refractivity contribution >= 4 is 38.6 Å². The van der Waals surface area contributed by atoms with Crippen LogP contribution in [0.1, 0.15) is 12.5 Å². The topological polar surface area (TPSA) is 30.9 Å². The minimum atomic E-state index is 0.148. The highest BCUT2D eigenvalue weighted by Crippen LogP contribution is 2.37. The van der Waals surface area contributed by atoms with Crippen molar-refractivity contribution in [3.05, 3.63) is 58.6 Å². The number of aryl methyl sites for hydroxylation is 1. The fourth-order valence-corrected chi connectivity index (χ4v) is 4.02. The van der Waals surface area contributed by atoms with Gasteiger partial charge in [-0.25, -0.2) is 0 Å². The van der Waals surface area contributed by atoms with Gasteiger partial charge in [0.05, 0.1) is 5.03 Å². The Balaban J connectivity index is 2.10. The normalized spacial score (nSPS) is 12.7. The molecule has 3 aromatic rings. The molecule has 4 heteroatoms. The van der Waals surface area contributed by atoms with Crippen LogP contribution in [0.25, 0.3) is 10.9 Å². The van der Waals surface area contributed by atoms with Crippen molar-refractivity contribution in [3.63, 3.8) is 0 Å². The van der Waals surface area contributed by atoms with Crippen LogP contribution >= 0.6 is 27.7 Å². The zero-order chi connectivity index (χ0) is 15.7. The van der Waals surface area contributed by atoms with E-state index in [2.05, 4.69) is 83.0 Å². The summed E-state index contributed by atoms with van der Waals surface area (Å²) >= 11 is 5.29. The molecule has 0 aliphatic rings. The van der Waals surface area contributed by atoms with Crippen molar-refractivity contribution in [2.45, 2.75) is 29.3 Å². The smallest absolute Gasteiger partial charge is 0.0838 e. The Kier molecular flexibility index (Phi) is 4.62. The second-order valence-electron chi connectivity index (χ2n) is 5.60. The first-order chi connectivity index (χ1) is 10.6. The summed E-state index contributed by atoms with van der Waals surface area (Å²) in [5, 5.41) is 2.59. The quantitative estimate of drug-likeness (QED) is 0.697. The van der Waals surface area contributed by atoms with E-state index in [1.807, 2.05) is 0 Å². The Labute approximate surface area is 143 Å². The molecule has 114 valence electrons. The Morgan fingerprint density at radius 1 is 1.14 bits per heavy atom. The molecule has 1 atom stereocenters. The van der Waals surface area contributed by atoms with Crippen LogP contribution in [0.3, 0.4) is 0 Å². The first-order valence-electron chi connectivity index (χ1n) is 7.31. The molecule has 0 fully saturated rings. The molecule has 2 nitrogen and oxygen atoms in total. The van der Waals surface area contributed by atoms with Gasteiger partial charge in [-0.3, -0.25) is 0 Å². The molecule has 0 radical (unpaired) electrons. The van der Waals surface area contributed by atoms with Gasteiger partial charge in [0.2, 0.25) is 0 Å². The second kappa shape index (κ2) is 6.49. The third-order valence-electron chi connectivity index (χ3n) is 3.71. The standard InChI is InChI=1S/C18H19BrN2S/c1-12(20)11-16-15-5-3-4-6-17(15)21(2)18(16)22-14-9-7-13(19)8-10-14/h3-10,12H,11,20H2,1-2H3. The third kappa shape index (κ3) is 3.09. The van der Waals surface area contributed by atoms with E-state index in [9.17, 15) is 0 Å². The molecule has 0 saturated heterocycles. The second-order valence-corrected chi connectivity index (χ2v) is 7.58. The lowest BCUT2D eigenvalue weighted by Crippen LogP contribution is -2.18. The van der Waals surface area contributed by atoms with Gasteiger partial charge in [0.15, 0.2) is 0 Å². The van der Waals surface area contributed by atoms with E-state index in [0.717, 1.165) is 10.9 Å². The molecule has 2 aromatic carbocycles. The Morgan fingerprint density at radius 3 is 2.50 bits per heavy atom. The van der Waals surface area contributed by atoms with Gasteiger partial charge in [-0.1, -0.05) is 45.9 Å². The molecule has 2 N–H and O–H groups in total. The number of nitrogens with zero attached hydrogens (tertiary/aromatic N) is 1. The van der Waals surface area contributed by atoms with Crippen LogP contribution in [0, 0.1) is 0 Å². The highest BCUT2D eigenvalue weighted by atomic mass is 79.9. The third-order valence-corrected chi connectivity index (χ3v) is 5.46. The largest absolute Gasteiger partial charge is 0.338 e. The Morgan fingerprint density at radius 2 is 1.82 bits per heavy atom. The number of nitrogens with two attached hydrogens (primary N) is 1. The Hall–Kier alpha value is -1.23. The van der Waals surface area contributed by atoms with Crippen molar-refractivity contribution in [1.29, 1.82) is 0 Å².